The third-order valence-corrected chi connectivity index (χ3v) is 4.61. The lowest BCUT2D eigenvalue weighted by atomic mass is 10.1. The van der Waals surface area contributed by atoms with Crippen molar-refractivity contribution >= 4 is 28.9 Å². The van der Waals surface area contributed by atoms with Crippen LogP contribution in [0.25, 0.3) is 6.08 Å². The minimum Gasteiger partial charge on any atom is -0.494 e. The smallest absolute Gasteiger partial charge is 0.264 e. The number of carbonyl (C=O) groups is 1. The van der Waals surface area contributed by atoms with E-state index < -0.39 is 0 Å². The van der Waals surface area contributed by atoms with Crippen molar-refractivity contribution in [3.8, 4) is 11.9 Å². The van der Waals surface area contributed by atoms with Gasteiger partial charge in [0.2, 0.25) is 6.19 Å². The summed E-state index contributed by atoms with van der Waals surface area (Å²) in [6, 6.07) is 17.9. The average Bonchev–Trinajstić information content (AvgIpc) is 3.00. The number of thioether (sulfide) groups is 1. The molecule has 1 aliphatic heterocycles. The van der Waals surface area contributed by atoms with Crippen LogP contribution < -0.4 is 10.1 Å². The number of rotatable bonds is 6. The number of nitrogens with one attached hydrogen (secondary N) is 1. The Morgan fingerprint density at radius 1 is 1.15 bits per heavy atom. The fraction of sp³-hybridized carbons (Fsp3) is 0.150. The van der Waals surface area contributed by atoms with Crippen molar-refractivity contribution in [2.45, 2.75) is 12.8 Å². The molecule has 1 N–H and O–H groups in total. The van der Waals surface area contributed by atoms with Crippen LogP contribution in [0.4, 0.5) is 0 Å². The summed E-state index contributed by atoms with van der Waals surface area (Å²) < 4.78 is 5.76. The van der Waals surface area contributed by atoms with Crippen molar-refractivity contribution < 1.29 is 9.53 Å². The van der Waals surface area contributed by atoms with E-state index in [0.717, 1.165) is 35.9 Å². The molecule has 6 heteroatoms. The highest BCUT2D eigenvalue weighted by molar-refractivity contribution is 8.18. The third-order valence-electron chi connectivity index (χ3n) is 3.70. The Labute approximate surface area is 156 Å². The summed E-state index contributed by atoms with van der Waals surface area (Å²) in [5, 5.41) is 11.4. The Morgan fingerprint density at radius 2 is 1.92 bits per heavy atom. The SMILES string of the molecule is N#C/N=C1\NC(=O)/C(=C/c2ccc(OCCCc3ccccc3)cc2)S1. The van der Waals surface area contributed by atoms with Crippen LogP contribution in [-0.4, -0.2) is 17.7 Å². The normalized spacial score (nSPS) is 16.5. The van der Waals surface area contributed by atoms with Crippen LogP contribution in [0.3, 0.4) is 0 Å². The number of amides is 1. The standard InChI is InChI=1S/C20H17N3O2S/c21-14-22-20-23-19(24)18(26-20)13-16-8-10-17(11-9-16)25-12-4-7-15-5-2-1-3-6-15/h1-3,5-6,8-11,13H,4,7,12H2,(H,22,23,24)/b18-13-. The molecular formula is C20H17N3O2S. The zero-order chi connectivity index (χ0) is 18.2. The van der Waals surface area contributed by atoms with E-state index in [4.69, 9.17) is 10.00 Å². The highest BCUT2D eigenvalue weighted by Gasteiger charge is 2.23. The quantitative estimate of drug-likeness (QED) is 0.482. The van der Waals surface area contributed by atoms with Crippen LogP contribution in [0.2, 0.25) is 0 Å². The molecule has 0 saturated carbocycles. The predicted octanol–water partition coefficient (Wildman–Crippen LogP) is 3.74. The Balaban J connectivity index is 1.51. The fourth-order valence-corrected chi connectivity index (χ4v) is 3.23. The van der Waals surface area contributed by atoms with Crippen LogP contribution in [0.1, 0.15) is 17.5 Å². The second-order valence-electron chi connectivity index (χ2n) is 5.59. The highest BCUT2D eigenvalue weighted by atomic mass is 32.2. The number of aliphatic imine (C=N–C) groups is 1. The molecule has 0 bridgehead atoms. The zero-order valence-corrected chi connectivity index (χ0v) is 14.8. The number of carbonyl (C=O) groups excluding carboxylic acids is 1. The second-order valence-corrected chi connectivity index (χ2v) is 6.62. The van der Waals surface area contributed by atoms with E-state index in [1.807, 2.05) is 42.5 Å². The molecule has 3 rings (SSSR count). The molecule has 1 fully saturated rings. The van der Waals surface area contributed by atoms with Gasteiger partial charge in [0, 0.05) is 0 Å². The molecule has 0 atom stereocenters. The van der Waals surface area contributed by atoms with Gasteiger partial charge in [-0.05, 0) is 53.9 Å². The maximum Gasteiger partial charge on any atom is 0.264 e. The van der Waals surface area contributed by atoms with Gasteiger partial charge in [0.15, 0.2) is 5.17 Å². The van der Waals surface area contributed by atoms with Crippen molar-refractivity contribution in [2.75, 3.05) is 6.61 Å². The van der Waals surface area contributed by atoms with Gasteiger partial charge in [0.05, 0.1) is 11.5 Å². The fourth-order valence-electron chi connectivity index (χ4n) is 2.45. The Bertz CT molecular complexity index is 868. The van der Waals surface area contributed by atoms with Gasteiger partial charge >= 0.3 is 0 Å². The number of hydrogen-bond acceptors (Lipinski definition) is 5. The third kappa shape index (κ3) is 4.98. The van der Waals surface area contributed by atoms with E-state index in [9.17, 15) is 4.79 Å². The Hall–Kier alpha value is -3.04. The number of amidine groups is 1. The van der Waals surface area contributed by atoms with Gasteiger partial charge < -0.3 is 4.74 Å². The zero-order valence-electron chi connectivity index (χ0n) is 14.0. The molecule has 0 unspecified atom stereocenters. The summed E-state index contributed by atoms with van der Waals surface area (Å²) >= 11 is 1.15. The van der Waals surface area contributed by atoms with Crippen molar-refractivity contribution in [3.63, 3.8) is 0 Å². The molecule has 5 nitrogen and oxygen atoms in total. The summed E-state index contributed by atoms with van der Waals surface area (Å²) in [7, 11) is 0. The Kier molecular flexibility index (Phi) is 6.07. The lowest BCUT2D eigenvalue weighted by molar-refractivity contribution is -0.115. The number of hydrogen-bond donors (Lipinski definition) is 1. The summed E-state index contributed by atoms with van der Waals surface area (Å²) in [5.74, 6) is 0.556. The van der Waals surface area contributed by atoms with E-state index in [1.54, 1.807) is 12.3 Å². The summed E-state index contributed by atoms with van der Waals surface area (Å²) in [6.45, 7) is 0.654. The first-order valence-corrected chi connectivity index (χ1v) is 9.01. The van der Waals surface area contributed by atoms with Crippen LogP contribution in [0, 0.1) is 11.5 Å². The van der Waals surface area contributed by atoms with Gasteiger partial charge in [0.1, 0.15) is 5.75 Å². The maximum atomic E-state index is 11.8. The van der Waals surface area contributed by atoms with Crippen LogP contribution >= 0.6 is 11.8 Å². The molecule has 0 radical (unpaired) electrons. The predicted molar refractivity (Wildman–Crippen MR) is 103 cm³/mol. The minimum absolute atomic E-state index is 0.245. The lowest BCUT2D eigenvalue weighted by Gasteiger charge is -2.06. The first-order valence-electron chi connectivity index (χ1n) is 8.19. The van der Waals surface area contributed by atoms with Gasteiger partial charge in [0.25, 0.3) is 5.91 Å². The van der Waals surface area contributed by atoms with Gasteiger partial charge in [-0.1, -0.05) is 42.5 Å². The van der Waals surface area contributed by atoms with E-state index in [-0.39, 0.29) is 5.91 Å². The largest absolute Gasteiger partial charge is 0.494 e. The van der Waals surface area contributed by atoms with Crippen LogP contribution in [0.5, 0.6) is 5.75 Å². The monoisotopic (exact) mass is 363 g/mol. The van der Waals surface area contributed by atoms with Crippen molar-refractivity contribution in [1.29, 1.82) is 5.26 Å². The molecule has 0 spiro atoms. The number of ether oxygens (including phenoxy) is 1. The topological polar surface area (TPSA) is 74.5 Å². The lowest BCUT2D eigenvalue weighted by Crippen LogP contribution is -2.19. The molecule has 130 valence electrons. The summed E-state index contributed by atoms with van der Waals surface area (Å²) in [6.07, 6.45) is 5.37. The molecule has 1 heterocycles. The number of nitriles is 1. The first-order chi connectivity index (χ1) is 12.7. The molecule has 2 aromatic carbocycles. The molecule has 1 aliphatic rings. The van der Waals surface area contributed by atoms with Gasteiger partial charge in [-0.2, -0.15) is 5.26 Å². The minimum atomic E-state index is -0.245. The molecule has 1 saturated heterocycles. The van der Waals surface area contributed by atoms with Gasteiger partial charge in [-0.3, -0.25) is 10.1 Å². The van der Waals surface area contributed by atoms with Crippen molar-refractivity contribution in [3.05, 3.63) is 70.6 Å². The first kappa shape index (κ1) is 17.8. The van der Waals surface area contributed by atoms with Gasteiger partial charge in [-0.25, -0.2) is 0 Å². The average molecular weight is 363 g/mol. The molecule has 0 aliphatic carbocycles. The highest BCUT2D eigenvalue weighted by Crippen LogP contribution is 2.26. The number of aryl methyl sites for hydroxylation is 1. The van der Waals surface area contributed by atoms with Crippen LogP contribution in [-0.2, 0) is 11.2 Å². The maximum absolute atomic E-state index is 11.8. The van der Waals surface area contributed by atoms with E-state index in [0.29, 0.717) is 16.7 Å². The number of nitrogens with zero attached hydrogens (tertiary/aromatic N) is 2. The molecule has 0 aromatic heterocycles. The molecule has 26 heavy (non-hydrogen) atoms. The van der Waals surface area contributed by atoms with E-state index in [1.165, 1.54) is 5.56 Å². The molecule has 2 aromatic rings. The number of benzene rings is 2. The summed E-state index contributed by atoms with van der Waals surface area (Å²) in [5.41, 5.74) is 2.20. The van der Waals surface area contributed by atoms with E-state index >= 15 is 0 Å². The van der Waals surface area contributed by atoms with Crippen LogP contribution in [0.15, 0.2) is 64.5 Å². The molecule has 1 amide bonds. The van der Waals surface area contributed by atoms with Crippen molar-refractivity contribution in [1.82, 2.24) is 5.32 Å². The van der Waals surface area contributed by atoms with Crippen molar-refractivity contribution in [2.24, 2.45) is 4.99 Å². The Morgan fingerprint density at radius 3 is 2.65 bits per heavy atom. The second kappa shape index (κ2) is 8.88. The summed E-state index contributed by atoms with van der Waals surface area (Å²) in [4.78, 5) is 15.9. The van der Waals surface area contributed by atoms with E-state index in [2.05, 4.69) is 22.4 Å². The molecular weight excluding hydrogens is 346 g/mol. The van der Waals surface area contributed by atoms with Gasteiger partial charge in [-0.15, -0.1) is 4.99 Å².